The number of nitrogens with one attached hydrogen (secondary N) is 1. The van der Waals surface area contributed by atoms with Crippen molar-refractivity contribution >= 4 is 12.3 Å². The van der Waals surface area contributed by atoms with Gasteiger partial charge in [-0.1, -0.05) is 0 Å². The SMILES string of the molecule is COc1ccc(/C=N\NC(=O)OC(C)(C)C)cc1O. The molecule has 104 valence electrons. The predicted molar refractivity (Wildman–Crippen MR) is 71.6 cm³/mol. The van der Waals surface area contributed by atoms with Gasteiger partial charge in [-0.2, -0.15) is 5.10 Å². The molecule has 0 heterocycles. The zero-order valence-electron chi connectivity index (χ0n) is 11.4. The van der Waals surface area contributed by atoms with Crippen LogP contribution in [0.2, 0.25) is 0 Å². The molecule has 1 aromatic carbocycles. The highest BCUT2D eigenvalue weighted by Gasteiger charge is 2.15. The van der Waals surface area contributed by atoms with Gasteiger partial charge in [0.15, 0.2) is 11.5 Å². The van der Waals surface area contributed by atoms with Crippen molar-refractivity contribution in [3.63, 3.8) is 0 Å². The first-order valence-corrected chi connectivity index (χ1v) is 5.71. The second-order valence-electron chi connectivity index (χ2n) is 4.80. The third kappa shape index (κ3) is 5.29. The Morgan fingerprint density at radius 3 is 2.63 bits per heavy atom. The zero-order chi connectivity index (χ0) is 14.5. The molecule has 0 bridgehead atoms. The molecule has 0 radical (unpaired) electrons. The summed E-state index contributed by atoms with van der Waals surface area (Å²) < 4.78 is 9.92. The van der Waals surface area contributed by atoms with Crippen LogP contribution in [-0.4, -0.2) is 30.1 Å². The lowest BCUT2D eigenvalue weighted by atomic mass is 10.2. The molecule has 1 rings (SSSR count). The van der Waals surface area contributed by atoms with Crippen LogP contribution in [-0.2, 0) is 4.74 Å². The topological polar surface area (TPSA) is 80.2 Å². The van der Waals surface area contributed by atoms with E-state index >= 15 is 0 Å². The van der Waals surface area contributed by atoms with Gasteiger partial charge in [-0.25, -0.2) is 10.2 Å². The minimum Gasteiger partial charge on any atom is -0.504 e. The number of phenolic OH excluding ortho intramolecular Hbond substituents is 1. The molecule has 1 amide bonds. The molecule has 2 N–H and O–H groups in total. The number of aromatic hydroxyl groups is 1. The molecule has 0 aliphatic heterocycles. The van der Waals surface area contributed by atoms with Gasteiger partial charge in [0.05, 0.1) is 13.3 Å². The summed E-state index contributed by atoms with van der Waals surface area (Å²) in [6, 6.07) is 4.77. The number of carbonyl (C=O) groups is 1. The Kier molecular flexibility index (Phi) is 4.74. The van der Waals surface area contributed by atoms with Crippen molar-refractivity contribution < 1.29 is 19.4 Å². The van der Waals surface area contributed by atoms with E-state index in [1.165, 1.54) is 19.4 Å². The first-order valence-electron chi connectivity index (χ1n) is 5.71. The number of methoxy groups -OCH3 is 1. The minimum absolute atomic E-state index is 0.00344. The average molecular weight is 266 g/mol. The predicted octanol–water partition coefficient (Wildman–Crippen LogP) is 2.26. The van der Waals surface area contributed by atoms with Crippen LogP contribution in [0.3, 0.4) is 0 Å². The van der Waals surface area contributed by atoms with Gasteiger partial charge in [0.1, 0.15) is 5.60 Å². The number of ether oxygens (including phenoxy) is 2. The van der Waals surface area contributed by atoms with Crippen molar-refractivity contribution in [1.29, 1.82) is 0 Å². The van der Waals surface area contributed by atoms with Gasteiger partial charge >= 0.3 is 6.09 Å². The lowest BCUT2D eigenvalue weighted by molar-refractivity contribution is 0.0529. The summed E-state index contributed by atoms with van der Waals surface area (Å²) in [6.45, 7) is 5.29. The number of amides is 1. The van der Waals surface area contributed by atoms with Gasteiger partial charge in [0, 0.05) is 0 Å². The van der Waals surface area contributed by atoms with Crippen LogP contribution in [0.1, 0.15) is 26.3 Å². The molecule has 6 nitrogen and oxygen atoms in total. The van der Waals surface area contributed by atoms with Gasteiger partial charge in [-0.15, -0.1) is 0 Å². The van der Waals surface area contributed by atoms with Crippen LogP contribution in [0.15, 0.2) is 23.3 Å². The van der Waals surface area contributed by atoms with E-state index in [9.17, 15) is 9.90 Å². The lowest BCUT2D eigenvalue weighted by Crippen LogP contribution is -2.29. The second-order valence-corrected chi connectivity index (χ2v) is 4.80. The van der Waals surface area contributed by atoms with Crippen molar-refractivity contribution in [2.75, 3.05) is 7.11 Å². The van der Waals surface area contributed by atoms with Crippen molar-refractivity contribution in [2.45, 2.75) is 26.4 Å². The normalized spacial score (nSPS) is 11.4. The molecule has 0 unspecified atom stereocenters. The summed E-state index contributed by atoms with van der Waals surface area (Å²) in [5.74, 6) is 0.376. The molecule has 0 aliphatic rings. The minimum atomic E-state index is -0.638. The number of rotatable bonds is 3. The van der Waals surface area contributed by atoms with Crippen molar-refractivity contribution in [3.8, 4) is 11.5 Å². The third-order valence-corrected chi connectivity index (χ3v) is 1.97. The Bertz CT molecular complexity index is 478. The summed E-state index contributed by atoms with van der Waals surface area (Å²) in [5, 5.41) is 13.3. The Morgan fingerprint density at radius 1 is 1.42 bits per heavy atom. The van der Waals surface area contributed by atoms with Crippen LogP contribution in [0.5, 0.6) is 11.5 Å². The molecule has 0 fully saturated rings. The second kappa shape index (κ2) is 6.08. The van der Waals surface area contributed by atoms with Crippen molar-refractivity contribution in [2.24, 2.45) is 5.10 Å². The molecule has 19 heavy (non-hydrogen) atoms. The molecule has 0 saturated carbocycles. The van der Waals surface area contributed by atoms with Gasteiger partial charge in [-0.3, -0.25) is 0 Å². The van der Waals surface area contributed by atoms with Crippen LogP contribution >= 0.6 is 0 Å². The number of carbonyl (C=O) groups excluding carboxylic acids is 1. The maximum absolute atomic E-state index is 11.3. The maximum Gasteiger partial charge on any atom is 0.428 e. The van der Waals surface area contributed by atoms with Gasteiger partial charge in [-0.05, 0) is 44.5 Å². The monoisotopic (exact) mass is 266 g/mol. The van der Waals surface area contributed by atoms with Crippen LogP contribution in [0.4, 0.5) is 4.79 Å². The Hall–Kier alpha value is -2.24. The fourth-order valence-corrected chi connectivity index (χ4v) is 1.25. The number of benzene rings is 1. The van der Waals surface area contributed by atoms with E-state index in [1.54, 1.807) is 32.9 Å². The third-order valence-electron chi connectivity index (χ3n) is 1.97. The summed E-state index contributed by atoms with van der Waals surface area (Å²) in [5.41, 5.74) is 2.28. The summed E-state index contributed by atoms with van der Waals surface area (Å²) in [4.78, 5) is 11.3. The number of hydrogen-bond acceptors (Lipinski definition) is 5. The number of hydrazone groups is 1. The van der Waals surface area contributed by atoms with Crippen LogP contribution in [0, 0.1) is 0 Å². The first-order chi connectivity index (χ1) is 8.81. The van der Waals surface area contributed by atoms with E-state index in [0.29, 0.717) is 11.3 Å². The number of hydrogen-bond donors (Lipinski definition) is 2. The highest BCUT2D eigenvalue weighted by Crippen LogP contribution is 2.25. The molecule has 0 atom stereocenters. The molecular formula is C13H18N2O4. The highest BCUT2D eigenvalue weighted by atomic mass is 16.6. The van der Waals surface area contributed by atoms with Crippen LogP contribution < -0.4 is 10.2 Å². The van der Waals surface area contributed by atoms with E-state index in [-0.39, 0.29) is 5.75 Å². The first kappa shape index (κ1) is 14.8. The number of phenols is 1. The number of nitrogens with zero attached hydrogens (tertiary/aromatic N) is 1. The van der Waals surface area contributed by atoms with E-state index < -0.39 is 11.7 Å². The summed E-state index contributed by atoms with van der Waals surface area (Å²) >= 11 is 0. The Morgan fingerprint density at radius 2 is 2.11 bits per heavy atom. The van der Waals surface area contributed by atoms with Crippen molar-refractivity contribution in [3.05, 3.63) is 23.8 Å². The fraction of sp³-hybridized carbons (Fsp3) is 0.385. The fourth-order valence-electron chi connectivity index (χ4n) is 1.25. The van der Waals surface area contributed by atoms with Gasteiger partial charge in [0.2, 0.25) is 0 Å². The molecule has 1 aromatic rings. The van der Waals surface area contributed by atoms with Gasteiger partial charge < -0.3 is 14.6 Å². The molecule has 6 heteroatoms. The van der Waals surface area contributed by atoms with E-state index in [4.69, 9.17) is 9.47 Å². The molecular weight excluding hydrogens is 248 g/mol. The maximum atomic E-state index is 11.3. The Balaban J connectivity index is 2.58. The standard InChI is InChI=1S/C13H18N2O4/c1-13(2,3)19-12(17)15-14-8-9-5-6-11(18-4)10(16)7-9/h5-8,16H,1-4H3,(H,15,17)/b14-8-. The summed E-state index contributed by atoms with van der Waals surface area (Å²) in [6.07, 6.45) is 0.754. The van der Waals surface area contributed by atoms with E-state index in [2.05, 4.69) is 10.5 Å². The quantitative estimate of drug-likeness (QED) is 0.649. The molecule has 0 saturated heterocycles. The molecule has 0 spiro atoms. The zero-order valence-corrected chi connectivity index (χ0v) is 11.4. The van der Waals surface area contributed by atoms with Crippen molar-refractivity contribution in [1.82, 2.24) is 5.43 Å². The van der Waals surface area contributed by atoms with E-state index in [1.807, 2.05) is 0 Å². The Labute approximate surface area is 112 Å². The summed E-state index contributed by atoms with van der Waals surface area (Å²) in [7, 11) is 1.47. The highest BCUT2D eigenvalue weighted by molar-refractivity contribution is 5.82. The molecule has 0 aromatic heterocycles. The van der Waals surface area contributed by atoms with Crippen LogP contribution in [0.25, 0.3) is 0 Å². The van der Waals surface area contributed by atoms with E-state index in [0.717, 1.165) is 0 Å². The largest absolute Gasteiger partial charge is 0.504 e. The average Bonchev–Trinajstić information content (AvgIpc) is 2.26. The van der Waals surface area contributed by atoms with Gasteiger partial charge in [0.25, 0.3) is 0 Å². The lowest BCUT2D eigenvalue weighted by Gasteiger charge is -2.18. The molecule has 0 aliphatic carbocycles. The smallest absolute Gasteiger partial charge is 0.428 e.